The van der Waals surface area contributed by atoms with Crippen LogP contribution in [0.5, 0.6) is 5.75 Å². The van der Waals surface area contributed by atoms with Gasteiger partial charge in [-0.2, -0.15) is 0 Å². The summed E-state index contributed by atoms with van der Waals surface area (Å²) < 4.78 is 7.52. The normalized spacial score (nSPS) is 11.8. The fourth-order valence-corrected chi connectivity index (χ4v) is 3.81. The molecule has 29 heavy (non-hydrogen) atoms. The minimum absolute atomic E-state index is 0.0281. The predicted octanol–water partition coefficient (Wildman–Crippen LogP) is 4.33. The van der Waals surface area contributed by atoms with Crippen LogP contribution in [0.25, 0.3) is 11.4 Å². The maximum Gasteiger partial charge on any atom is 0.230 e. The maximum atomic E-state index is 12.4. The molecule has 3 aromatic rings. The van der Waals surface area contributed by atoms with E-state index in [1.807, 2.05) is 79.9 Å². The number of carbonyl (C=O) groups excluding carboxylic acids is 1. The van der Waals surface area contributed by atoms with Crippen molar-refractivity contribution >= 4 is 17.7 Å². The molecule has 0 radical (unpaired) electrons. The monoisotopic (exact) mass is 410 g/mol. The maximum absolute atomic E-state index is 12.4. The molecule has 1 N–H and O–H groups in total. The second kappa shape index (κ2) is 10.1. The van der Waals surface area contributed by atoms with Gasteiger partial charge in [-0.15, -0.1) is 10.2 Å². The van der Waals surface area contributed by atoms with Crippen molar-refractivity contribution in [1.29, 1.82) is 0 Å². The Kier molecular flexibility index (Phi) is 7.30. The summed E-state index contributed by atoms with van der Waals surface area (Å²) in [7, 11) is 0. The summed E-state index contributed by atoms with van der Waals surface area (Å²) in [6, 6.07) is 17.7. The molecule has 1 atom stereocenters. The molecule has 2 aromatic carbocycles. The fraction of sp³-hybridized carbons (Fsp3) is 0.318. The zero-order valence-corrected chi connectivity index (χ0v) is 17.8. The van der Waals surface area contributed by atoms with E-state index in [0.717, 1.165) is 34.4 Å². The highest BCUT2D eigenvalue weighted by atomic mass is 32.2. The summed E-state index contributed by atoms with van der Waals surface area (Å²) in [5.41, 5.74) is 2.05. The molecule has 1 aromatic heterocycles. The first-order valence-electron chi connectivity index (χ1n) is 9.75. The highest BCUT2D eigenvalue weighted by Crippen LogP contribution is 2.25. The zero-order valence-electron chi connectivity index (χ0n) is 17.0. The average molecular weight is 411 g/mol. The second-order valence-electron chi connectivity index (χ2n) is 6.50. The Morgan fingerprint density at radius 1 is 1.10 bits per heavy atom. The van der Waals surface area contributed by atoms with Crippen LogP contribution in [-0.2, 0) is 11.3 Å². The van der Waals surface area contributed by atoms with E-state index in [1.54, 1.807) is 0 Å². The van der Waals surface area contributed by atoms with Crippen LogP contribution in [0.4, 0.5) is 0 Å². The lowest BCUT2D eigenvalue weighted by Crippen LogP contribution is -2.28. The Morgan fingerprint density at radius 2 is 1.83 bits per heavy atom. The van der Waals surface area contributed by atoms with Crippen LogP contribution < -0.4 is 10.1 Å². The first-order valence-corrected chi connectivity index (χ1v) is 10.7. The van der Waals surface area contributed by atoms with Crippen LogP contribution in [0, 0.1) is 0 Å². The quantitative estimate of drug-likeness (QED) is 0.532. The van der Waals surface area contributed by atoms with Gasteiger partial charge >= 0.3 is 0 Å². The van der Waals surface area contributed by atoms with Gasteiger partial charge in [0.25, 0.3) is 0 Å². The van der Waals surface area contributed by atoms with E-state index in [1.165, 1.54) is 11.8 Å². The van der Waals surface area contributed by atoms with Crippen LogP contribution in [0.3, 0.4) is 0 Å². The number of carbonyl (C=O) groups is 1. The number of hydrogen-bond acceptors (Lipinski definition) is 5. The lowest BCUT2D eigenvalue weighted by molar-refractivity contribution is -0.119. The molecule has 1 heterocycles. The smallest absolute Gasteiger partial charge is 0.230 e. The highest BCUT2D eigenvalue weighted by molar-refractivity contribution is 7.99. The van der Waals surface area contributed by atoms with Gasteiger partial charge in [-0.1, -0.05) is 42.1 Å². The molecular weight excluding hydrogens is 384 g/mol. The molecule has 7 heteroatoms. The molecule has 0 spiro atoms. The van der Waals surface area contributed by atoms with E-state index in [4.69, 9.17) is 4.74 Å². The minimum atomic E-state index is -0.0345. The number of aromatic nitrogens is 3. The van der Waals surface area contributed by atoms with E-state index in [2.05, 4.69) is 15.5 Å². The van der Waals surface area contributed by atoms with Crippen molar-refractivity contribution in [3.63, 3.8) is 0 Å². The topological polar surface area (TPSA) is 69.0 Å². The molecular formula is C22H26N4O2S. The SMILES string of the molecule is CCOc1ccc(-c2nnc(SCC(=O)NC(C)c3ccccc3)n2CC)cc1. The van der Waals surface area contributed by atoms with Crippen LogP contribution in [-0.4, -0.2) is 33.0 Å². The molecule has 0 aliphatic heterocycles. The van der Waals surface area contributed by atoms with Crippen molar-refractivity contribution in [2.45, 2.75) is 38.5 Å². The van der Waals surface area contributed by atoms with Gasteiger partial charge < -0.3 is 14.6 Å². The Hall–Kier alpha value is -2.80. The van der Waals surface area contributed by atoms with Gasteiger partial charge in [0.05, 0.1) is 18.4 Å². The second-order valence-corrected chi connectivity index (χ2v) is 7.44. The third kappa shape index (κ3) is 5.38. The minimum Gasteiger partial charge on any atom is -0.494 e. The molecule has 0 fully saturated rings. The van der Waals surface area contributed by atoms with E-state index < -0.39 is 0 Å². The van der Waals surface area contributed by atoms with Crippen molar-refractivity contribution in [2.75, 3.05) is 12.4 Å². The zero-order chi connectivity index (χ0) is 20.6. The molecule has 3 rings (SSSR count). The molecule has 0 aliphatic rings. The standard InChI is InChI=1S/C22H26N4O2S/c1-4-26-21(18-11-13-19(14-12-18)28-5-2)24-25-22(26)29-15-20(27)23-16(3)17-9-7-6-8-10-17/h6-14,16H,4-5,15H2,1-3H3,(H,23,27). The van der Waals surface area contributed by atoms with Gasteiger partial charge in [-0.25, -0.2) is 0 Å². The number of amides is 1. The number of thioether (sulfide) groups is 1. The molecule has 1 amide bonds. The van der Waals surface area contributed by atoms with Crippen LogP contribution in [0.15, 0.2) is 59.8 Å². The van der Waals surface area contributed by atoms with Gasteiger partial charge in [0, 0.05) is 12.1 Å². The highest BCUT2D eigenvalue weighted by Gasteiger charge is 2.16. The van der Waals surface area contributed by atoms with E-state index in [0.29, 0.717) is 12.4 Å². The number of ether oxygens (including phenoxy) is 1. The molecule has 0 aliphatic carbocycles. The van der Waals surface area contributed by atoms with Crippen LogP contribution >= 0.6 is 11.8 Å². The fourth-order valence-electron chi connectivity index (χ4n) is 3.00. The number of nitrogens with zero attached hydrogens (tertiary/aromatic N) is 3. The van der Waals surface area contributed by atoms with Gasteiger partial charge in [0.15, 0.2) is 11.0 Å². The van der Waals surface area contributed by atoms with Gasteiger partial charge in [0.2, 0.25) is 5.91 Å². The number of hydrogen-bond donors (Lipinski definition) is 1. The summed E-state index contributed by atoms with van der Waals surface area (Å²) in [4.78, 5) is 12.4. The summed E-state index contributed by atoms with van der Waals surface area (Å²) in [5.74, 6) is 1.88. The number of benzene rings is 2. The van der Waals surface area contributed by atoms with Crippen molar-refractivity contribution in [3.8, 4) is 17.1 Å². The third-order valence-corrected chi connectivity index (χ3v) is 5.43. The lowest BCUT2D eigenvalue weighted by Gasteiger charge is -2.14. The largest absolute Gasteiger partial charge is 0.494 e. The van der Waals surface area contributed by atoms with Crippen molar-refractivity contribution < 1.29 is 9.53 Å². The van der Waals surface area contributed by atoms with E-state index >= 15 is 0 Å². The Labute approximate surface area is 175 Å². The van der Waals surface area contributed by atoms with E-state index in [-0.39, 0.29) is 11.9 Å². The van der Waals surface area contributed by atoms with Gasteiger partial charge in [-0.05, 0) is 50.6 Å². The van der Waals surface area contributed by atoms with Crippen LogP contribution in [0.2, 0.25) is 0 Å². The Bertz CT molecular complexity index is 926. The van der Waals surface area contributed by atoms with E-state index in [9.17, 15) is 4.79 Å². The van der Waals surface area contributed by atoms with Crippen molar-refractivity contribution in [3.05, 3.63) is 60.2 Å². The predicted molar refractivity (Wildman–Crippen MR) is 116 cm³/mol. The molecule has 0 saturated heterocycles. The van der Waals surface area contributed by atoms with Crippen molar-refractivity contribution in [2.24, 2.45) is 0 Å². The average Bonchev–Trinajstić information content (AvgIpc) is 3.16. The summed E-state index contributed by atoms with van der Waals surface area (Å²) in [6.07, 6.45) is 0. The number of rotatable bonds is 9. The number of nitrogens with one attached hydrogen (secondary N) is 1. The molecule has 152 valence electrons. The first kappa shape index (κ1) is 20.9. The van der Waals surface area contributed by atoms with Gasteiger partial charge in [0.1, 0.15) is 5.75 Å². The molecule has 1 unspecified atom stereocenters. The lowest BCUT2D eigenvalue weighted by atomic mass is 10.1. The van der Waals surface area contributed by atoms with Crippen molar-refractivity contribution in [1.82, 2.24) is 20.1 Å². The van der Waals surface area contributed by atoms with Gasteiger partial charge in [-0.3, -0.25) is 4.79 Å². The molecule has 6 nitrogen and oxygen atoms in total. The summed E-state index contributed by atoms with van der Waals surface area (Å²) >= 11 is 1.40. The first-order chi connectivity index (χ1) is 14.1. The Balaban J connectivity index is 1.63. The van der Waals surface area contributed by atoms with Crippen LogP contribution in [0.1, 0.15) is 32.4 Å². The third-order valence-electron chi connectivity index (χ3n) is 4.47. The molecule has 0 bridgehead atoms. The molecule has 0 saturated carbocycles. The Morgan fingerprint density at radius 3 is 2.48 bits per heavy atom. The summed E-state index contributed by atoms with van der Waals surface area (Å²) in [5, 5.41) is 12.4. The summed E-state index contributed by atoms with van der Waals surface area (Å²) in [6.45, 7) is 7.34.